The van der Waals surface area contributed by atoms with Gasteiger partial charge in [0.1, 0.15) is 12.1 Å². The first-order valence-electron chi connectivity index (χ1n) is 8.12. The van der Waals surface area contributed by atoms with Crippen LogP contribution in [0.4, 0.5) is 5.82 Å². The number of aromatic nitrogens is 2. The van der Waals surface area contributed by atoms with Crippen LogP contribution in [0.3, 0.4) is 0 Å². The molecule has 0 saturated carbocycles. The van der Waals surface area contributed by atoms with Gasteiger partial charge in [0.25, 0.3) is 5.91 Å². The van der Waals surface area contributed by atoms with Crippen molar-refractivity contribution in [3.63, 3.8) is 0 Å². The van der Waals surface area contributed by atoms with Gasteiger partial charge in [0.15, 0.2) is 0 Å². The van der Waals surface area contributed by atoms with Gasteiger partial charge >= 0.3 is 0 Å². The number of hydrogen-bond donors (Lipinski definition) is 2. The zero-order valence-electron chi connectivity index (χ0n) is 14.3. The molecule has 2 aromatic rings. The number of rotatable bonds is 3. The van der Waals surface area contributed by atoms with Crippen LogP contribution in [0.15, 0.2) is 47.6 Å². The van der Waals surface area contributed by atoms with E-state index in [0.29, 0.717) is 11.4 Å². The Balaban J connectivity index is 1.63. The summed E-state index contributed by atoms with van der Waals surface area (Å²) in [5.74, 6) is -0.154. The van der Waals surface area contributed by atoms with Crippen LogP contribution in [0, 0.1) is 0 Å². The maximum Gasteiger partial charge on any atom is 0.264 e. The van der Waals surface area contributed by atoms with Crippen LogP contribution in [0.2, 0.25) is 0 Å². The minimum Gasteiger partial charge on any atom is -0.383 e. The Hall–Kier alpha value is -2.65. The summed E-state index contributed by atoms with van der Waals surface area (Å²) in [5.41, 5.74) is 10.2. The van der Waals surface area contributed by atoms with Crippen LogP contribution in [-0.4, -0.2) is 35.8 Å². The highest BCUT2D eigenvalue weighted by Crippen LogP contribution is 2.50. The third-order valence-electron chi connectivity index (χ3n) is 4.35. The largest absolute Gasteiger partial charge is 0.383 e. The minimum absolute atomic E-state index is 0.188. The lowest BCUT2D eigenvalue weighted by Crippen LogP contribution is -2.29. The summed E-state index contributed by atoms with van der Waals surface area (Å²) in [4.78, 5) is 21.4. The molecule has 0 fully saturated rings. The van der Waals surface area contributed by atoms with Gasteiger partial charge in [0, 0.05) is 10.8 Å². The van der Waals surface area contributed by atoms with Crippen molar-refractivity contribution in [1.29, 1.82) is 0 Å². The van der Waals surface area contributed by atoms with Crippen LogP contribution >= 0.6 is 11.8 Å². The number of allylic oxidation sites excluding steroid dienone is 3. The molecule has 27 heavy (non-hydrogen) atoms. The number of anilines is 1. The van der Waals surface area contributed by atoms with Gasteiger partial charge < -0.3 is 5.73 Å². The number of sulfonamides is 1. The molecule has 1 aliphatic heterocycles. The smallest absolute Gasteiger partial charge is 0.264 e. The standard InChI is InChI=1S/C18H16N4O3S2/c1-27(24,25)22-18(23)12-4-2-3-10(7-12)11-5-6-13-14(8-11)26-16-15(13)20-9-21-17(16)19/h2-7,9,14H,8H2,1H3,(H,22,23)(H2,19,20,21). The number of nitrogens with one attached hydrogen (secondary N) is 1. The molecular weight excluding hydrogens is 384 g/mol. The van der Waals surface area contributed by atoms with Crippen molar-refractivity contribution in [2.45, 2.75) is 16.6 Å². The van der Waals surface area contributed by atoms with Gasteiger partial charge in [-0.15, -0.1) is 11.8 Å². The molecular formula is C18H16N4O3S2. The number of nitrogens with zero attached hydrogens (tertiary/aromatic N) is 2. The Kier molecular flexibility index (Phi) is 4.27. The summed E-state index contributed by atoms with van der Waals surface area (Å²) in [6, 6.07) is 6.94. The van der Waals surface area contributed by atoms with Crippen molar-refractivity contribution in [3.8, 4) is 0 Å². The van der Waals surface area contributed by atoms with E-state index in [0.717, 1.165) is 40.0 Å². The van der Waals surface area contributed by atoms with Gasteiger partial charge in [-0.25, -0.2) is 23.1 Å². The monoisotopic (exact) mass is 400 g/mol. The van der Waals surface area contributed by atoms with Crippen LogP contribution in [0.25, 0.3) is 11.1 Å². The third kappa shape index (κ3) is 3.47. The third-order valence-corrected chi connectivity index (χ3v) is 6.25. The SMILES string of the molecule is CS(=O)(=O)NC(=O)c1cccc(C2=CC=C3c4ncnc(N)c4SC3C2)c1. The highest BCUT2D eigenvalue weighted by molar-refractivity contribution is 8.01. The fourth-order valence-electron chi connectivity index (χ4n) is 3.17. The topological polar surface area (TPSA) is 115 Å². The average molecular weight is 400 g/mol. The molecule has 1 atom stereocenters. The molecule has 7 nitrogen and oxygen atoms in total. The van der Waals surface area contributed by atoms with E-state index in [-0.39, 0.29) is 5.25 Å². The molecule has 9 heteroatoms. The molecule has 0 spiro atoms. The highest BCUT2D eigenvalue weighted by atomic mass is 32.2. The van der Waals surface area contributed by atoms with E-state index in [4.69, 9.17) is 5.73 Å². The van der Waals surface area contributed by atoms with E-state index in [2.05, 4.69) is 9.97 Å². The van der Waals surface area contributed by atoms with Gasteiger partial charge in [-0.3, -0.25) is 4.79 Å². The molecule has 3 N–H and O–H groups in total. The van der Waals surface area contributed by atoms with Crippen LogP contribution in [-0.2, 0) is 10.0 Å². The van der Waals surface area contributed by atoms with Gasteiger partial charge in [0.2, 0.25) is 10.0 Å². The maximum atomic E-state index is 12.1. The highest BCUT2D eigenvalue weighted by Gasteiger charge is 2.33. The Labute approximate surface area is 160 Å². The van der Waals surface area contributed by atoms with Crippen molar-refractivity contribution in [3.05, 3.63) is 59.6 Å². The Bertz CT molecular complexity index is 1120. The molecule has 1 aliphatic carbocycles. The quantitative estimate of drug-likeness (QED) is 0.810. The lowest BCUT2D eigenvalue weighted by molar-refractivity contribution is 0.0981. The summed E-state index contributed by atoms with van der Waals surface area (Å²) in [6.07, 6.45) is 7.21. The lowest BCUT2D eigenvalue weighted by Gasteiger charge is -2.19. The molecule has 0 saturated heterocycles. The number of carbonyl (C=O) groups is 1. The van der Waals surface area contributed by atoms with Crippen molar-refractivity contribution in [2.75, 3.05) is 12.0 Å². The Morgan fingerprint density at radius 1 is 1.30 bits per heavy atom. The van der Waals surface area contributed by atoms with Gasteiger partial charge in [0.05, 0.1) is 16.8 Å². The second kappa shape index (κ2) is 6.50. The second-order valence-electron chi connectivity index (χ2n) is 6.35. The van der Waals surface area contributed by atoms with E-state index in [1.165, 1.54) is 6.33 Å². The molecule has 1 aromatic heterocycles. The molecule has 0 radical (unpaired) electrons. The molecule has 2 heterocycles. The average Bonchev–Trinajstić information content (AvgIpc) is 3.00. The number of fused-ring (bicyclic) bond motifs is 3. The first-order chi connectivity index (χ1) is 12.8. The molecule has 1 unspecified atom stereocenters. The van der Waals surface area contributed by atoms with E-state index >= 15 is 0 Å². The fourth-order valence-corrected chi connectivity index (χ4v) is 4.94. The van der Waals surface area contributed by atoms with Crippen molar-refractivity contribution in [2.24, 2.45) is 0 Å². The van der Waals surface area contributed by atoms with Crippen LogP contribution in [0.5, 0.6) is 0 Å². The first-order valence-corrected chi connectivity index (χ1v) is 10.9. The zero-order valence-corrected chi connectivity index (χ0v) is 16.0. The minimum atomic E-state index is -3.61. The predicted octanol–water partition coefficient (Wildman–Crippen LogP) is 2.09. The number of carbonyl (C=O) groups excluding carboxylic acids is 1. The number of nitrogen functional groups attached to an aromatic ring is 1. The van der Waals surface area contributed by atoms with Gasteiger partial charge in [-0.2, -0.15) is 0 Å². The summed E-state index contributed by atoms with van der Waals surface area (Å²) in [6.45, 7) is 0. The molecule has 138 valence electrons. The summed E-state index contributed by atoms with van der Waals surface area (Å²) >= 11 is 1.65. The number of benzene rings is 1. The predicted molar refractivity (Wildman–Crippen MR) is 105 cm³/mol. The fraction of sp³-hybridized carbons (Fsp3) is 0.167. The van der Waals surface area contributed by atoms with Gasteiger partial charge in [-0.1, -0.05) is 24.3 Å². The molecule has 2 aliphatic rings. The molecule has 1 amide bonds. The number of thioether (sulfide) groups is 1. The van der Waals surface area contributed by atoms with E-state index in [9.17, 15) is 13.2 Å². The first kappa shape index (κ1) is 17.7. The van der Waals surface area contributed by atoms with E-state index in [1.54, 1.807) is 30.0 Å². The Morgan fingerprint density at radius 3 is 2.89 bits per heavy atom. The van der Waals surface area contributed by atoms with Crippen molar-refractivity contribution in [1.82, 2.24) is 14.7 Å². The molecule has 0 bridgehead atoms. The van der Waals surface area contributed by atoms with Gasteiger partial charge in [-0.05, 0) is 35.3 Å². The number of nitrogens with two attached hydrogens (primary N) is 1. The van der Waals surface area contributed by atoms with E-state index < -0.39 is 15.9 Å². The lowest BCUT2D eigenvalue weighted by atomic mass is 9.91. The van der Waals surface area contributed by atoms with Crippen molar-refractivity contribution < 1.29 is 13.2 Å². The maximum absolute atomic E-state index is 12.1. The van der Waals surface area contributed by atoms with Crippen LogP contribution in [0.1, 0.15) is 28.0 Å². The molecule has 1 aromatic carbocycles. The van der Waals surface area contributed by atoms with E-state index in [1.807, 2.05) is 22.9 Å². The number of hydrogen-bond acceptors (Lipinski definition) is 7. The molecule has 4 rings (SSSR count). The zero-order chi connectivity index (χ0) is 19.2. The summed E-state index contributed by atoms with van der Waals surface area (Å²) in [7, 11) is -3.61. The number of amides is 1. The summed E-state index contributed by atoms with van der Waals surface area (Å²) < 4.78 is 24.6. The summed E-state index contributed by atoms with van der Waals surface area (Å²) in [5, 5.41) is 0.188. The normalized spacial score (nSPS) is 18.2. The second-order valence-corrected chi connectivity index (χ2v) is 9.31. The Morgan fingerprint density at radius 2 is 2.11 bits per heavy atom. The van der Waals surface area contributed by atoms with Crippen molar-refractivity contribution >= 4 is 44.7 Å². The van der Waals surface area contributed by atoms with Crippen LogP contribution < -0.4 is 10.5 Å².